The van der Waals surface area contributed by atoms with Crippen molar-refractivity contribution in [2.24, 2.45) is 11.8 Å². The van der Waals surface area contributed by atoms with E-state index in [1.54, 1.807) is 38.3 Å². The zero-order chi connectivity index (χ0) is 23.5. The summed E-state index contributed by atoms with van der Waals surface area (Å²) in [5.74, 6) is -0.516. The molecule has 9 nitrogen and oxygen atoms in total. The molecule has 1 aliphatic heterocycles. The summed E-state index contributed by atoms with van der Waals surface area (Å²) in [7, 11) is 1.72. The van der Waals surface area contributed by atoms with E-state index in [9.17, 15) is 19.5 Å². The molecule has 2 atom stereocenters. The van der Waals surface area contributed by atoms with E-state index in [4.69, 9.17) is 13.9 Å². The van der Waals surface area contributed by atoms with Crippen LogP contribution in [0.1, 0.15) is 49.6 Å². The van der Waals surface area contributed by atoms with Gasteiger partial charge in [-0.25, -0.2) is 9.59 Å². The van der Waals surface area contributed by atoms with Gasteiger partial charge in [0.2, 0.25) is 11.7 Å². The number of carboxylic acid groups (broad SMARTS) is 1. The van der Waals surface area contributed by atoms with E-state index < -0.39 is 18.1 Å². The van der Waals surface area contributed by atoms with Crippen LogP contribution >= 0.6 is 0 Å². The van der Waals surface area contributed by atoms with E-state index in [1.807, 2.05) is 0 Å². The van der Waals surface area contributed by atoms with Gasteiger partial charge in [-0.05, 0) is 75.1 Å². The summed E-state index contributed by atoms with van der Waals surface area (Å²) in [4.78, 5) is 38.3. The molecular weight excluding hydrogens is 428 g/mol. The van der Waals surface area contributed by atoms with Gasteiger partial charge in [-0.1, -0.05) is 0 Å². The molecular formula is C24H30N2O7. The summed E-state index contributed by atoms with van der Waals surface area (Å²) in [5.41, 5.74) is 1.01. The minimum atomic E-state index is -1.08. The first kappa shape index (κ1) is 23.1. The summed E-state index contributed by atoms with van der Waals surface area (Å²) in [6.07, 6.45) is 3.56. The Hall–Kier alpha value is -3.07. The van der Waals surface area contributed by atoms with Gasteiger partial charge in [0.25, 0.3) is 0 Å². The second-order valence-corrected chi connectivity index (χ2v) is 8.72. The zero-order valence-electron chi connectivity index (χ0n) is 18.9. The van der Waals surface area contributed by atoms with Gasteiger partial charge in [0.15, 0.2) is 0 Å². The number of fused-ring (bicyclic) bond motifs is 1. The highest BCUT2D eigenvalue weighted by atomic mass is 16.5. The largest absolute Gasteiger partial charge is 0.465 e. The number of esters is 1. The molecule has 1 aromatic heterocycles. The molecule has 2 N–H and O–H groups in total. The van der Waals surface area contributed by atoms with Crippen molar-refractivity contribution in [3.05, 3.63) is 30.0 Å². The lowest BCUT2D eigenvalue weighted by Crippen LogP contribution is -2.47. The third-order valence-electron chi connectivity index (χ3n) is 6.88. The number of benzene rings is 1. The highest BCUT2D eigenvalue weighted by Gasteiger charge is 2.46. The predicted molar refractivity (Wildman–Crippen MR) is 120 cm³/mol. The van der Waals surface area contributed by atoms with E-state index in [0.717, 1.165) is 25.7 Å². The standard InChI is InChI=1S/C24H30N2O7/c1-3-32-23(28)20-13-15-12-16(6-9-19(15)33-20)25-22(27)21-18(10-11-26(21)24(29)30)14-4-7-17(31-2)8-5-14/h6,9,12-14,17-18,21H,3-5,7-8,10-11H2,1-2H3,(H,25,27)(H,29,30)/t14-,17-,18-,21-/m0/s1. The molecule has 1 saturated carbocycles. The van der Waals surface area contributed by atoms with Gasteiger partial charge in [0.05, 0.1) is 12.7 Å². The molecule has 178 valence electrons. The first-order valence-corrected chi connectivity index (χ1v) is 11.4. The molecule has 4 rings (SSSR count). The van der Waals surface area contributed by atoms with Gasteiger partial charge in [-0.15, -0.1) is 0 Å². The number of methoxy groups -OCH3 is 1. The van der Waals surface area contributed by atoms with E-state index in [-0.39, 0.29) is 30.3 Å². The van der Waals surface area contributed by atoms with E-state index >= 15 is 0 Å². The molecule has 2 aliphatic rings. The Morgan fingerprint density at radius 2 is 1.91 bits per heavy atom. The number of hydrogen-bond acceptors (Lipinski definition) is 6. The summed E-state index contributed by atoms with van der Waals surface area (Å²) < 4.78 is 15.9. The van der Waals surface area contributed by atoms with Crippen molar-refractivity contribution in [1.29, 1.82) is 0 Å². The minimum Gasteiger partial charge on any atom is -0.465 e. The van der Waals surface area contributed by atoms with Crippen molar-refractivity contribution in [3.8, 4) is 0 Å². The lowest BCUT2D eigenvalue weighted by atomic mass is 9.75. The second-order valence-electron chi connectivity index (χ2n) is 8.72. The first-order chi connectivity index (χ1) is 15.9. The van der Waals surface area contributed by atoms with Crippen LogP contribution in [0.3, 0.4) is 0 Å². The van der Waals surface area contributed by atoms with Crippen LogP contribution in [-0.4, -0.2) is 60.4 Å². The van der Waals surface area contributed by atoms with Crippen LogP contribution in [-0.2, 0) is 14.3 Å². The maximum absolute atomic E-state index is 13.3. The highest BCUT2D eigenvalue weighted by Crippen LogP contribution is 2.40. The SMILES string of the molecule is CCOC(=O)c1cc2cc(NC(=O)[C@@H]3[C@H]([C@H]4CC[C@H](OC)CC4)CCN3C(=O)O)ccc2o1. The zero-order valence-corrected chi connectivity index (χ0v) is 18.9. The Bertz CT molecular complexity index is 1020. The number of rotatable bonds is 6. The average Bonchev–Trinajstić information content (AvgIpc) is 3.44. The van der Waals surface area contributed by atoms with E-state index in [2.05, 4.69) is 5.32 Å². The predicted octanol–water partition coefficient (Wildman–Crippen LogP) is 4.12. The van der Waals surface area contributed by atoms with Crippen molar-refractivity contribution in [2.75, 3.05) is 25.6 Å². The normalized spacial score (nSPS) is 25.2. The third-order valence-corrected chi connectivity index (χ3v) is 6.88. The lowest BCUT2D eigenvalue weighted by Gasteiger charge is -2.35. The van der Waals surface area contributed by atoms with Crippen LogP contribution in [0.15, 0.2) is 28.7 Å². The first-order valence-electron chi connectivity index (χ1n) is 11.4. The van der Waals surface area contributed by atoms with Crippen LogP contribution in [0.2, 0.25) is 0 Å². The Morgan fingerprint density at radius 1 is 1.15 bits per heavy atom. The number of furan rings is 1. The second kappa shape index (κ2) is 9.82. The Morgan fingerprint density at radius 3 is 2.58 bits per heavy atom. The summed E-state index contributed by atoms with van der Waals surface area (Å²) in [5, 5.41) is 13.2. The number of carbonyl (C=O) groups excluding carboxylic acids is 2. The molecule has 2 heterocycles. The van der Waals surface area contributed by atoms with Gasteiger partial charge >= 0.3 is 12.1 Å². The van der Waals surface area contributed by atoms with Crippen LogP contribution < -0.4 is 5.32 Å². The van der Waals surface area contributed by atoms with Crippen molar-refractivity contribution in [1.82, 2.24) is 4.90 Å². The molecule has 33 heavy (non-hydrogen) atoms. The number of hydrogen-bond donors (Lipinski definition) is 2. The van der Waals surface area contributed by atoms with Gasteiger partial charge in [0, 0.05) is 24.7 Å². The third kappa shape index (κ3) is 4.83. The van der Waals surface area contributed by atoms with Crippen molar-refractivity contribution in [3.63, 3.8) is 0 Å². The van der Waals surface area contributed by atoms with Gasteiger partial charge < -0.3 is 24.3 Å². The van der Waals surface area contributed by atoms with Gasteiger partial charge in [0.1, 0.15) is 11.6 Å². The van der Waals surface area contributed by atoms with Crippen molar-refractivity contribution < 1.29 is 33.4 Å². The van der Waals surface area contributed by atoms with Crippen LogP contribution in [0.25, 0.3) is 11.0 Å². The Balaban J connectivity index is 1.51. The number of amides is 2. The van der Waals surface area contributed by atoms with Gasteiger partial charge in [-0.3, -0.25) is 9.69 Å². The summed E-state index contributed by atoms with van der Waals surface area (Å²) in [6, 6.07) is 5.89. The molecule has 2 amide bonds. The molecule has 1 saturated heterocycles. The number of nitrogens with zero attached hydrogens (tertiary/aromatic N) is 1. The molecule has 0 radical (unpaired) electrons. The number of carbonyl (C=O) groups is 3. The molecule has 9 heteroatoms. The summed E-state index contributed by atoms with van der Waals surface area (Å²) >= 11 is 0. The smallest absolute Gasteiger partial charge is 0.407 e. The van der Waals surface area contributed by atoms with E-state index in [0.29, 0.717) is 35.5 Å². The number of anilines is 1. The van der Waals surface area contributed by atoms with Crippen molar-refractivity contribution in [2.45, 2.75) is 51.2 Å². The Kier molecular flexibility index (Phi) is 6.88. The maximum Gasteiger partial charge on any atom is 0.407 e. The molecule has 0 spiro atoms. The summed E-state index contributed by atoms with van der Waals surface area (Å²) in [6.45, 7) is 2.31. The fourth-order valence-electron chi connectivity index (χ4n) is 5.25. The number of likely N-dealkylation sites (tertiary alicyclic amines) is 1. The van der Waals surface area contributed by atoms with Gasteiger partial charge in [-0.2, -0.15) is 0 Å². The average molecular weight is 459 g/mol. The van der Waals surface area contributed by atoms with Crippen LogP contribution in [0.4, 0.5) is 10.5 Å². The topological polar surface area (TPSA) is 118 Å². The maximum atomic E-state index is 13.3. The van der Waals surface area contributed by atoms with Crippen LogP contribution in [0.5, 0.6) is 0 Å². The van der Waals surface area contributed by atoms with Crippen molar-refractivity contribution >= 4 is 34.6 Å². The molecule has 2 aromatic rings. The lowest BCUT2D eigenvalue weighted by molar-refractivity contribution is -0.121. The molecule has 1 aromatic carbocycles. The minimum absolute atomic E-state index is 0.0213. The quantitative estimate of drug-likeness (QED) is 0.625. The number of nitrogens with one attached hydrogen (secondary N) is 1. The molecule has 0 bridgehead atoms. The van der Waals surface area contributed by atoms with Crippen LogP contribution in [0, 0.1) is 11.8 Å². The number of ether oxygens (including phenoxy) is 2. The fraction of sp³-hybridized carbons (Fsp3) is 0.542. The van der Waals surface area contributed by atoms with E-state index in [1.165, 1.54) is 4.90 Å². The fourth-order valence-corrected chi connectivity index (χ4v) is 5.25. The Labute approximate surface area is 192 Å². The molecule has 2 fully saturated rings. The highest BCUT2D eigenvalue weighted by molar-refractivity contribution is 5.99. The monoisotopic (exact) mass is 458 g/mol. The molecule has 1 aliphatic carbocycles. The molecule has 0 unspecified atom stereocenters.